The van der Waals surface area contributed by atoms with Gasteiger partial charge in [0.05, 0.1) is 0 Å². The zero-order valence-electron chi connectivity index (χ0n) is 19.1. The molecule has 0 bridgehead atoms. The number of nitriles is 2. The Labute approximate surface area is 208 Å². The number of carboxylic acid groups (broad SMARTS) is 1. The molecule has 0 saturated heterocycles. The summed E-state index contributed by atoms with van der Waals surface area (Å²) < 4.78 is 5.47. The fourth-order valence-corrected chi connectivity index (χ4v) is 4.20. The van der Waals surface area contributed by atoms with E-state index in [0.29, 0.717) is 11.3 Å². The topological polar surface area (TPSA) is 135 Å². The number of aliphatic carboxylic acids is 1. The highest BCUT2D eigenvalue weighted by Gasteiger charge is 2.29. The van der Waals surface area contributed by atoms with E-state index in [1.165, 1.54) is 6.20 Å². The van der Waals surface area contributed by atoms with E-state index in [4.69, 9.17) is 15.3 Å². The van der Waals surface area contributed by atoms with Gasteiger partial charge in [-0.25, -0.2) is 9.59 Å². The molecular formula is C28H22N4O4. The average molecular weight is 479 g/mol. The van der Waals surface area contributed by atoms with Crippen LogP contribution in [0.2, 0.25) is 0 Å². The third-order valence-electron chi connectivity index (χ3n) is 5.95. The first kappa shape index (κ1) is 24.1. The largest absolute Gasteiger partial charge is 0.480 e. The molecule has 0 aliphatic heterocycles. The van der Waals surface area contributed by atoms with Gasteiger partial charge in [0, 0.05) is 24.2 Å². The second-order valence-electron chi connectivity index (χ2n) is 8.19. The predicted octanol–water partition coefficient (Wildman–Crippen LogP) is 4.56. The lowest BCUT2D eigenvalue weighted by molar-refractivity contribution is -0.139. The molecule has 1 aliphatic carbocycles. The van der Waals surface area contributed by atoms with Crippen LogP contribution in [-0.2, 0) is 16.0 Å². The fourth-order valence-electron chi connectivity index (χ4n) is 4.20. The fraction of sp³-hybridized carbons (Fsp3) is 0.143. The minimum atomic E-state index is -1.18. The Bertz CT molecular complexity index is 1340. The molecule has 8 heteroatoms. The average Bonchev–Trinajstić information content (AvgIpc) is 3.22. The Morgan fingerprint density at radius 2 is 1.53 bits per heavy atom. The number of carboxylic acids is 1. The minimum Gasteiger partial charge on any atom is -0.480 e. The molecule has 0 spiro atoms. The molecule has 4 rings (SSSR count). The van der Waals surface area contributed by atoms with E-state index in [-0.39, 0.29) is 24.5 Å². The molecule has 1 atom stereocenters. The standard InChI is InChI=1S/C28H22N4O4/c29-14-19(15-30)16-31-20-11-9-18(10-12-20)13-26(27(33)34)32-28(35)36-17-25-23-7-3-1-5-21(23)22-6-2-4-8-24(22)25/h1-12,16,25-26,31H,13,17H2,(H,32,35)(H,33,34). The summed E-state index contributed by atoms with van der Waals surface area (Å²) >= 11 is 0. The van der Waals surface area contributed by atoms with Crippen molar-refractivity contribution in [2.45, 2.75) is 18.4 Å². The van der Waals surface area contributed by atoms with E-state index in [2.05, 4.69) is 10.6 Å². The van der Waals surface area contributed by atoms with Crippen LogP contribution in [0, 0.1) is 22.7 Å². The van der Waals surface area contributed by atoms with Gasteiger partial charge < -0.3 is 20.5 Å². The summed E-state index contributed by atoms with van der Waals surface area (Å²) in [5, 5.41) is 32.5. The van der Waals surface area contributed by atoms with E-state index in [0.717, 1.165) is 22.3 Å². The number of rotatable bonds is 8. The highest BCUT2D eigenvalue weighted by atomic mass is 16.5. The van der Waals surface area contributed by atoms with E-state index in [1.54, 1.807) is 36.4 Å². The van der Waals surface area contributed by atoms with E-state index >= 15 is 0 Å². The number of alkyl carbamates (subject to hydrolysis) is 1. The highest BCUT2D eigenvalue weighted by molar-refractivity contribution is 5.81. The number of nitrogens with zero attached hydrogens (tertiary/aromatic N) is 2. The van der Waals surface area contributed by atoms with Crippen LogP contribution in [0.25, 0.3) is 11.1 Å². The van der Waals surface area contributed by atoms with Crippen molar-refractivity contribution < 1.29 is 19.4 Å². The van der Waals surface area contributed by atoms with Crippen LogP contribution in [0.3, 0.4) is 0 Å². The summed E-state index contributed by atoms with van der Waals surface area (Å²) in [6, 6.07) is 25.0. The first-order chi connectivity index (χ1) is 17.5. The summed E-state index contributed by atoms with van der Waals surface area (Å²) in [5.41, 5.74) is 5.58. The van der Waals surface area contributed by atoms with Gasteiger partial charge in [0.25, 0.3) is 0 Å². The van der Waals surface area contributed by atoms with E-state index in [9.17, 15) is 14.7 Å². The number of anilines is 1. The van der Waals surface area contributed by atoms with Gasteiger partial charge in [-0.1, -0.05) is 60.7 Å². The summed E-state index contributed by atoms with van der Waals surface area (Å²) in [4.78, 5) is 24.3. The van der Waals surface area contributed by atoms with Crippen molar-refractivity contribution in [3.63, 3.8) is 0 Å². The number of amides is 1. The zero-order valence-corrected chi connectivity index (χ0v) is 19.1. The van der Waals surface area contributed by atoms with E-state index < -0.39 is 18.1 Å². The van der Waals surface area contributed by atoms with Crippen molar-refractivity contribution in [1.82, 2.24) is 5.32 Å². The molecule has 36 heavy (non-hydrogen) atoms. The normalized spacial score (nSPS) is 12.2. The molecule has 1 amide bonds. The maximum atomic E-state index is 12.5. The summed E-state index contributed by atoms with van der Waals surface area (Å²) in [6.45, 7) is 0.0907. The van der Waals surface area contributed by atoms with Gasteiger partial charge in [-0.05, 0) is 39.9 Å². The van der Waals surface area contributed by atoms with E-state index in [1.807, 2.05) is 48.5 Å². The second kappa shape index (κ2) is 10.9. The lowest BCUT2D eigenvalue weighted by Gasteiger charge is -2.17. The molecule has 178 valence electrons. The van der Waals surface area contributed by atoms with Crippen molar-refractivity contribution in [3.8, 4) is 23.3 Å². The Kier molecular flexibility index (Phi) is 7.28. The number of allylic oxidation sites excluding steroid dienone is 1. The van der Waals surface area contributed by atoms with Crippen LogP contribution >= 0.6 is 0 Å². The Morgan fingerprint density at radius 3 is 2.08 bits per heavy atom. The van der Waals surface area contributed by atoms with Crippen LogP contribution in [0.4, 0.5) is 10.5 Å². The zero-order chi connectivity index (χ0) is 25.5. The van der Waals surface area contributed by atoms with Gasteiger partial charge in [0.2, 0.25) is 0 Å². The molecule has 0 radical (unpaired) electrons. The van der Waals surface area contributed by atoms with Gasteiger partial charge in [-0.15, -0.1) is 0 Å². The van der Waals surface area contributed by atoms with Crippen LogP contribution in [0.1, 0.15) is 22.6 Å². The minimum absolute atomic E-state index is 0.0529. The van der Waals surface area contributed by atoms with Gasteiger partial charge in [0.1, 0.15) is 30.4 Å². The first-order valence-corrected chi connectivity index (χ1v) is 11.2. The summed E-state index contributed by atoms with van der Waals surface area (Å²) in [6.07, 6.45) is 0.540. The van der Waals surface area contributed by atoms with Gasteiger partial charge >= 0.3 is 12.1 Å². The molecular weight excluding hydrogens is 456 g/mol. The second-order valence-corrected chi connectivity index (χ2v) is 8.19. The van der Waals surface area contributed by atoms with Crippen LogP contribution in [0.5, 0.6) is 0 Å². The molecule has 0 heterocycles. The maximum absolute atomic E-state index is 12.5. The van der Waals surface area contributed by atoms with Crippen LogP contribution < -0.4 is 10.6 Å². The predicted molar refractivity (Wildman–Crippen MR) is 133 cm³/mol. The molecule has 0 saturated carbocycles. The number of hydrogen-bond donors (Lipinski definition) is 3. The Morgan fingerprint density at radius 1 is 0.944 bits per heavy atom. The quantitative estimate of drug-likeness (QED) is 0.404. The van der Waals surface area contributed by atoms with Crippen molar-refractivity contribution in [2.75, 3.05) is 11.9 Å². The molecule has 3 N–H and O–H groups in total. The monoisotopic (exact) mass is 478 g/mol. The number of carbonyl (C=O) groups excluding carboxylic acids is 1. The third-order valence-corrected chi connectivity index (χ3v) is 5.95. The molecule has 0 fully saturated rings. The smallest absolute Gasteiger partial charge is 0.407 e. The molecule has 8 nitrogen and oxygen atoms in total. The number of hydrogen-bond acceptors (Lipinski definition) is 6. The van der Waals surface area contributed by atoms with Gasteiger partial charge in [-0.3, -0.25) is 0 Å². The summed E-state index contributed by atoms with van der Waals surface area (Å²) in [5.74, 6) is -1.30. The van der Waals surface area contributed by atoms with Crippen LogP contribution in [0.15, 0.2) is 84.6 Å². The molecule has 0 aromatic heterocycles. The Hall–Kier alpha value is -5.08. The number of benzene rings is 3. The maximum Gasteiger partial charge on any atom is 0.407 e. The summed E-state index contributed by atoms with van der Waals surface area (Å²) in [7, 11) is 0. The first-order valence-electron chi connectivity index (χ1n) is 11.2. The number of fused-ring (bicyclic) bond motifs is 3. The number of carbonyl (C=O) groups is 2. The molecule has 3 aromatic rings. The van der Waals surface area contributed by atoms with Crippen molar-refractivity contribution in [1.29, 1.82) is 10.5 Å². The van der Waals surface area contributed by atoms with Crippen molar-refractivity contribution >= 4 is 17.7 Å². The molecule has 3 aromatic carbocycles. The van der Waals surface area contributed by atoms with Crippen molar-refractivity contribution in [2.24, 2.45) is 0 Å². The lowest BCUT2D eigenvalue weighted by atomic mass is 9.98. The van der Waals surface area contributed by atoms with Crippen LogP contribution in [-0.4, -0.2) is 29.8 Å². The Balaban J connectivity index is 1.37. The third kappa shape index (κ3) is 5.35. The molecule has 1 unspecified atom stereocenters. The highest BCUT2D eigenvalue weighted by Crippen LogP contribution is 2.44. The SMILES string of the molecule is N#CC(C#N)=CNc1ccc(CC(NC(=O)OCC2c3ccccc3-c3ccccc32)C(=O)O)cc1. The van der Waals surface area contributed by atoms with Gasteiger partial charge in [0.15, 0.2) is 0 Å². The van der Waals surface area contributed by atoms with Gasteiger partial charge in [-0.2, -0.15) is 10.5 Å². The number of nitrogens with one attached hydrogen (secondary N) is 2. The number of ether oxygens (including phenoxy) is 1. The van der Waals surface area contributed by atoms with Crippen molar-refractivity contribution in [3.05, 3.63) is 101 Å². The molecule has 1 aliphatic rings. The lowest BCUT2D eigenvalue weighted by Crippen LogP contribution is -2.42.